The van der Waals surface area contributed by atoms with Gasteiger partial charge in [-0.15, -0.1) is 34.5 Å². The fourth-order valence-electron chi connectivity index (χ4n) is 1.30. The van der Waals surface area contributed by atoms with Crippen LogP contribution in [-0.4, -0.2) is 29.7 Å². The minimum atomic E-state index is 0.668. The van der Waals surface area contributed by atoms with E-state index >= 15 is 0 Å². The SMILES string of the molecule is Cc1ccc(CN(CCCl)CCCl)s1. The predicted octanol–water partition coefficient (Wildman–Crippen LogP) is 3.34. The van der Waals surface area contributed by atoms with Gasteiger partial charge >= 0.3 is 0 Å². The van der Waals surface area contributed by atoms with Gasteiger partial charge in [-0.05, 0) is 19.1 Å². The highest BCUT2D eigenvalue weighted by atomic mass is 35.5. The standard InChI is InChI=1S/C10H15Cl2NS/c1-9-2-3-10(14-9)8-13(6-4-11)7-5-12/h2-3H,4-8H2,1H3. The van der Waals surface area contributed by atoms with Gasteiger partial charge in [0.1, 0.15) is 0 Å². The van der Waals surface area contributed by atoms with E-state index in [-0.39, 0.29) is 0 Å². The maximum Gasteiger partial charge on any atom is 0.0351 e. The molecule has 1 aromatic rings. The van der Waals surface area contributed by atoms with Gasteiger partial charge in [-0.2, -0.15) is 0 Å². The van der Waals surface area contributed by atoms with Gasteiger partial charge in [0.2, 0.25) is 0 Å². The lowest BCUT2D eigenvalue weighted by Crippen LogP contribution is -2.26. The van der Waals surface area contributed by atoms with Gasteiger partial charge in [-0.25, -0.2) is 0 Å². The molecule has 14 heavy (non-hydrogen) atoms. The summed E-state index contributed by atoms with van der Waals surface area (Å²) < 4.78 is 0. The van der Waals surface area contributed by atoms with E-state index in [4.69, 9.17) is 23.2 Å². The van der Waals surface area contributed by atoms with Crippen LogP contribution in [0.3, 0.4) is 0 Å². The maximum absolute atomic E-state index is 5.72. The number of aryl methyl sites for hydroxylation is 1. The van der Waals surface area contributed by atoms with Crippen LogP contribution in [0.1, 0.15) is 9.75 Å². The summed E-state index contributed by atoms with van der Waals surface area (Å²) >= 11 is 13.3. The first kappa shape index (κ1) is 12.3. The number of thiophene rings is 1. The topological polar surface area (TPSA) is 3.24 Å². The fourth-order valence-corrected chi connectivity index (χ4v) is 2.71. The van der Waals surface area contributed by atoms with Crippen LogP contribution in [0, 0.1) is 6.92 Å². The Hall–Kier alpha value is 0.240. The molecule has 0 N–H and O–H groups in total. The molecule has 0 aliphatic carbocycles. The molecule has 1 aromatic heterocycles. The zero-order chi connectivity index (χ0) is 10.4. The monoisotopic (exact) mass is 251 g/mol. The minimum Gasteiger partial charge on any atom is -0.296 e. The molecule has 0 atom stereocenters. The van der Waals surface area contributed by atoms with Crippen molar-refractivity contribution in [3.63, 3.8) is 0 Å². The number of rotatable bonds is 6. The van der Waals surface area contributed by atoms with Crippen LogP contribution in [0.4, 0.5) is 0 Å². The quantitative estimate of drug-likeness (QED) is 0.702. The predicted molar refractivity (Wildman–Crippen MR) is 65.8 cm³/mol. The van der Waals surface area contributed by atoms with Gasteiger partial charge in [0.15, 0.2) is 0 Å². The number of nitrogens with zero attached hydrogens (tertiary/aromatic N) is 1. The summed E-state index contributed by atoms with van der Waals surface area (Å²) in [5.74, 6) is 1.34. The van der Waals surface area contributed by atoms with Crippen molar-refractivity contribution in [2.75, 3.05) is 24.8 Å². The first-order valence-corrected chi connectivity index (χ1v) is 6.54. The summed E-state index contributed by atoms with van der Waals surface area (Å²) in [7, 11) is 0. The first-order valence-electron chi connectivity index (χ1n) is 4.66. The number of hydrogen-bond acceptors (Lipinski definition) is 2. The summed E-state index contributed by atoms with van der Waals surface area (Å²) in [6.07, 6.45) is 0. The summed E-state index contributed by atoms with van der Waals surface area (Å²) in [4.78, 5) is 5.03. The van der Waals surface area contributed by atoms with Crippen molar-refractivity contribution in [1.82, 2.24) is 4.90 Å². The molecule has 0 aliphatic rings. The van der Waals surface area contributed by atoms with Crippen LogP contribution in [-0.2, 0) is 6.54 Å². The Morgan fingerprint density at radius 2 is 1.86 bits per heavy atom. The lowest BCUT2D eigenvalue weighted by Gasteiger charge is -2.18. The molecule has 4 heteroatoms. The van der Waals surface area contributed by atoms with Crippen LogP contribution >= 0.6 is 34.5 Å². The van der Waals surface area contributed by atoms with Crippen LogP contribution < -0.4 is 0 Å². The third kappa shape index (κ3) is 4.18. The smallest absolute Gasteiger partial charge is 0.0351 e. The van der Waals surface area contributed by atoms with E-state index in [9.17, 15) is 0 Å². The van der Waals surface area contributed by atoms with E-state index in [1.165, 1.54) is 9.75 Å². The zero-order valence-electron chi connectivity index (χ0n) is 8.30. The van der Waals surface area contributed by atoms with Gasteiger partial charge in [-0.3, -0.25) is 4.90 Å². The Morgan fingerprint density at radius 3 is 2.29 bits per heavy atom. The fraction of sp³-hybridized carbons (Fsp3) is 0.600. The molecule has 0 saturated heterocycles. The van der Waals surface area contributed by atoms with Crippen molar-refractivity contribution in [2.45, 2.75) is 13.5 Å². The molecule has 0 fully saturated rings. The van der Waals surface area contributed by atoms with E-state index in [0.29, 0.717) is 11.8 Å². The van der Waals surface area contributed by atoms with Crippen molar-refractivity contribution in [2.24, 2.45) is 0 Å². The minimum absolute atomic E-state index is 0.668. The highest BCUT2D eigenvalue weighted by molar-refractivity contribution is 7.11. The van der Waals surface area contributed by atoms with Gasteiger partial charge in [0.05, 0.1) is 0 Å². The second-order valence-corrected chi connectivity index (χ2v) is 5.29. The molecule has 1 rings (SSSR count). The van der Waals surface area contributed by atoms with Crippen molar-refractivity contribution in [3.8, 4) is 0 Å². The molecule has 0 amide bonds. The first-order chi connectivity index (χ1) is 6.76. The van der Waals surface area contributed by atoms with Crippen molar-refractivity contribution < 1.29 is 0 Å². The Labute approximate surface area is 99.6 Å². The molecule has 0 aromatic carbocycles. The van der Waals surface area contributed by atoms with Crippen LogP contribution in [0.2, 0.25) is 0 Å². The Balaban J connectivity index is 2.46. The average Bonchev–Trinajstić information content (AvgIpc) is 2.52. The van der Waals surface area contributed by atoms with Crippen molar-refractivity contribution >= 4 is 34.5 Å². The largest absolute Gasteiger partial charge is 0.296 e. The number of alkyl halides is 2. The molecule has 0 aliphatic heterocycles. The van der Waals surface area contributed by atoms with Crippen molar-refractivity contribution in [1.29, 1.82) is 0 Å². The van der Waals surface area contributed by atoms with E-state index in [1.54, 1.807) is 0 Å². The summed E-state index contributed by atoms with van der Waals surface area (Å²) in [5.41, 5.74) is 0. The van der Waals surface area contributed by atoms with Crippen LogP contribution in [0.5, 0.6) is 0 Å². The normalized spacial score (nSPS) is 11.1. The Kier molecular flexibility index (Phi) is 5.87. The van der Waals surface area contributed by atoms with Gasteiger partial charge in [0, 0.05) is 41.1 Å². The second kappa shape index (κ2) is 6.67. The summed E-state index contributed by atoms with van der Waals surface area (Å²) in [5, 5.41) is 0. The molecule has 0 radical (unpaired) electrons. The molecule has 0 unspecified atom stereocenters. The zero-order valence-corrected chi connectivity index (χ0v) is 10.6. The highest BCUT2D eigenvalue weighted by Gasteiger charge is 2.05. The summed E-state index contributed by atoms with van der Waals surface area (Å²) in [6, 6.07) is 4.33. The molecular formula is C10H15Cl2NS. The maximum atomic E-state index is 5.72. The third-order valence-corrected chi connectivity index (χ3v) is 3.30. The van der Waals surface area contributed by atoms with Crippen molar-refractivity contribution in [3.05, 3.63) is 21.9 Å². The molecule has 80 valence electrons. The second-order valence-electron chi connectivity index (χ2n) is 3.17. The summed E-state index contributed by atoms with van der Waals surface area (Å²) in [6.45, 7) is 4.91. The van der Waals surface area contributed by atoms with Gasteiger partial charge in [-0.1, -0.05) is 0 Å². The third-order valence-electron chi connectivity index (χ3n) is 1.98. The molecule has 1 nitrogen and oxygen atoms in total. The number of hydrogen-bond donors (Lipinski definition) is 0. The molecule has 0 bridgehead atoms. The highest BCUT2D eigenvalue weighted by Crippen LogP contribution is 2.17. The molecule has 0 spiro atoms. The Morgan fingerprint density at radius 1 is 1.21 bits per heavy atom. The number of halogens is 2. The average molecular weight is 252 g/mol. The van der Waals surface area contributed by atoms with Crippen LogP contribution in [0.25, 0.3) is 0 Å². The Bertz CT molecular complexity index is 256. The lowest BCUT2D eigenvalue weighted by atomic mass is 10.4. The van der Waals surface area contributed by atoms with E-state index in [1.807, 2.05) is 11.3 Å². The van der Waals surface area contributed by atoms with E-state index < -0.39 is 0 Å². The molecular weight excluding hydrogens is 237 g/mol. The van der Waals surface area contributed by atoms with E-state index in [0.717, 1.165) is 19.6 Å². The van der Waals surface area contributed by atoms with Gasteiger partial charge < -0.3 is 0 Å². The lowest BCUT2D eigenvalue weighted by molar-refractivity contribution is 0.302. The molecule has 0 saturated carbocycles. The van der Waals surface area contributed by atoms with Gasteiger partial charge in [0.25, 0.3) is 0 Å². The molecule has 1 heterocycles. The van der Waals surface area contributed by atoms with E-state index in [2.05, 4.69) is 24.0 Å². The van der Waals surface area contributed by atoms with Crippen LogP contribution in [0.15, 0.2) is 12.1 Å².